The summed E-state index contributed by atoms with van der Waals surface area (Å²) in [6.07, 6.45) is 6.07. The topological polar surface area (TPSA) is 90.0 Å². The van der Waals surface area contributed by atoms with E-state index in [-0.39, 0.29) is 17.9 Å². The summed E-state index contributed by atoms with van der Waals surface area (Å²) in [4.78, 5) is 32.4. The number of hydrogen-bond donors (Lipinski definition) is 1. The van der Waals surface area contributed by atoms with Crippen LogP contribution >= 0.6 is 0 Å². The van der Waals surface area contributed by atoms with Gasteiger partial charge in [-0.3, -0.25) is 19.1 Å². The Kier molecular flexibility index (Phi) is 4.01. The van der Waals surface area contributed by atoms with Crippen LogP contribution in [-0.4, -0.2) is 26.9 Å². The summed E-state index contributed by atoms with van der Waals surface area (Å²) < 4.78 is 6.24. The minimum absolute atomic E-state index is 0.0135. The monoisotopic (exact) mass is 310 g/mol. The molecule has 3 rings (SSSR count). The van der Waals surface area contributed by atoms with E-state index < -0.39 is 0 Å². The fraction of sp³-hybridized carbons (Fsp3) is 0.125. The van der Waals surface area contributed by atoms with Gasteiger partial charge in [-0.15, -0.1) is 0 Å². The zero-order chi connectivity index (χ0) is 16.2. The van der Waals surface area contributed by atoms with Gasteiger partial charge in [0.2, 0.25) is 5.95 Å². The molecule has 3 heterocycles. The summed E-state index contributed by atoms with van der Waals surface area (Å²) in [5.41, 5.74) is 1.55. The summed E-state index contributed by atoms with van der Waals surface area (Å²) in [5.74, 6) is 0.170. The SMILES string of the molecule is Cn1c(NCC(=O)c2ccoc2)nc(-c2ccncc2)cc1=O. The van der Waals surface area contributed by atoms with Gasteiger partial charge in [-0.25, -0.2) is 4.98 Å². The summed E-state index contributed by atoms with van der Waals surface area (Å²) >= 11 is 0. The molecule has 3 aromatic rings. The highest BCUT2D eigenvalue weighted by Crippen LogP contribution is 2.15. The van der Waals surface area contributed by atoms with Crippen LogP contribution in [0.25, 0.3) is 11.3 Å². The molecule has 0 aromatic carbocycles. The van der Waals surface area contributed by atoms with E-state index in [0.29, 0.717) is 17.2 Å². The van der Waals surface area contributed by atoms with Crippen molar-refractivity contribution >= 4 is 11.7 Å². The summed E-state index contributed by atoms with van der Waals surface area (Å²) in [6, 6.07) is 6.56. The van der Waals surface area contributed by atoms with Crippen LogP contribution in [0.15, 0.2) is 58.4 Å². The second kappa shape index (κ2) is 6.27. The van der Waals surface area contributed by atoms with Crippen molar-refractivity contribution in [1.29, 1.82) is 0 Å². The number of pyridine rings is 1. The lowest BCUT2D eigenvalue weighted by molar-refractivity contribution is 0.100. The smallest absolute Gasteiger partial charge is 0.255 e. The fourth-order valence-electron chi connectivity index (χ4n) is 2.05. The van der Waals surface area contributed by atoms with E-state index in [1.807, 2.05) is 0 Å². The fourth-order valence-corrected chi connectivity index (χ4v) is 2.05. The Morgan fingerprint density at radius 2 is 2.09 bits per heavy atom. The third-order valence-corrected chi connectivity index (χ3v) is 3.36. The van der Waals surface area contributed by atoms with Gasteiger partial charge in [-0.1, -0.05) is 0 Å². The van der Waals surface area contributed by atoms with E-state index in [4.69, 9.17) is 4.42 Å². The molecule has 7 nitrogen and oxygen atoms in total. The van der Waals surface area contributed by atoms with Crippen molar-refractivity contribution in [3.8, 4) is 11.3 Å². The zero-order valence-corrected chi connectivity index (χ0v) is 12.4. The predicted molar refractivity (Wildman–Crippen MR) is 84.2 cm³/mol. The van der Waals surface area contributed by atoms with Gasteiger partial charge in [0.15, 0.2) is 5.78 Å². The third kappa shape index (κ3) is 3.18. The molecule has 0 aliphatic carbocycles. The molecule has 0 spiro atoms. The van der Waals surface area contributed by atoms with E-state index >= 15 is 0 Å². The lowest BCUT2D eigenvalue weighted by Gasteiger charge is -2.10. The number of Topliss-reactive ketones (excluding diaryl/α,β-unsaturated/α-hetero) is 1. The molecule has 0 unspecified atom stereocenters. The Labute approximate surface area is 131 Å². The van der Waals surface area contributed by atoms with Gasteiger partial charge in [0, 0.05) is 31.1 Å². The van der Waals surface area contributed by atoms with Gasteiger partial charge in [-0.2, -0.15) is 0 Å². The predicted octanol–water partition coefficient (Wildman–Crippen LogP) is 1.73. The number of hydrogen-bond acceptors (Lipinski definition) is 6. The number of aromatic nitrogens is 3. The second-order valence-corrected chi connectivity index (χ2v) is 4.89. The first kappa shape index (κ1) is 14.7. The number of nitrogens with zero attached hydrogens (tertiary/aromatic N) is 3. The minimum Gasteiger partial charge on any atom is -0.472 e. The Morgan fingerprint density at radius 1 is 1.30 bits per heavy atom. The summed E-state index contributed by atoms with van der Waals surface area (Å²) in [5, 5.41) is 2.90. The highest BCUT2D eigenvalue weighted by molar-refractivity contribution is 5.98. The molecule has 1 N–H and O–H groups in total. The van der Waals surface area contributed by atoms with Crippen LogP contribution in [0.4, 0.5) is 5.95 Å². The zero-order valence-electron chi connectivity index (χ0n) is 12.4. The van der Waals surface area contributed by atoms with Crippen molar-refractivity contribution in [1.82, 2.24) is 14.5 Å². The van der Waals surface area contributed by atoms with E-state index in [9.17, 15) is 9.59 Å². The van der Waals surface area contributed by atoms with Crippen molar-refractivity contribution in [2.24, 2.45) is 7.05 Å². The lowest BCUT2D eigenvalue weighted by Crippen LogP contribution is -2.24. The molecule has 116 valence electrons. The number of carbonyl (C=O) groups is 1. The Hall–Kier alpha value is -3.22. The first-order valence-corrected chi connectivity index (χ1v) is 6.93. The van der Waals surface area contributed by atoms with Crippen LogP contribution in [0.2, 0.25) is 0 Å². The first-order chi connectivity index (χ1) is 11.1. The third-order valence-electron chi connectivity index (χ3n) is 3.36. The average molecular weight is 310 g/mol. The van der Waals surface area contributed by atoms with Crippen LogP contribution < -0.4 is 10.9 Å². The van der Waals surface area contributed by atoms with Crippen molar-refractivity contribution in [2.45, 2.75) is 0 Å². The molecule has 0 aliphatic rings. The van der Waals surface area contributed by atoms with Crippen molar-refractivity contribution in [3.63, 3.8) is 0 Å². The van der Waals surface area contributed by atoms with Gasteiger partial charge >= 0.3 is 0 Å². The maximum atomic E-state index is 12.1. The maximum Gasteiger partial charge on any atom is 0.255 e. The van der Waals surface area contributed by atoms with Crippen molar-refractivity contribution in [3.05, 3.63) is 65.1 Å². The van der Waals surface area contributed by atoms with Crippen LogP contribution in [-0.2, 0) is 7.05 Å². The maximum absolute atomic E-state index is 12.1. The molecular formula is C16H14N4O3. The molecule has 23 heavy (non-hydrogen) atoms. The molecular weight excluding hydrogens is 296 g/mol. The molecule has 0 radical (unpaired) electrons. The minimum atomic E-state index is -0.218. The van der Waals surface area contributed by atoms with E-state index in [1.54, 1.807) is 37.6 Å². The number of rotatable bonds is 5. The molecule has 0 bridgehead atoms. The number of carbonyl (C=O) groups excluding carboxylic acids is 1. The molecule has 0 atom stereocenters. The first-order valence-electron chi connectivity index (χ1n) is 6.93. The standard InChI is InChI=1S/C16H14N4O3/c1-20-15(22)8-13(11-2-5-17-6-3-11)19-16(20)18-9-14(21)12-4-7-23-10-12/h2-8,10H,9H2,1H3,(H,18,19). The molecule has 7 heteroatoms. The number of ketones is 1. The van der Waals surface area contributed by atoms with E-state index in [0.717, 1.165) is 5.56 Å². The Morgan fingerprint density at radius 3 is 2.78 bits per heavy atom. The molecule has 0 saturated heterocycles. The number of furan rings is 1. The molecule has 0 saturated carbocycles. The van der Waals surface area contributed by atoms with Gasteiger partial charge in [-0.05, 0) is 18.2 Å². The van der Waals surface area contributed by atoms with Crippen molar-refractivity contribution < 1.29 is 9.21 Å². The van der Waals surface area contributed by atoms with Crippen LogP contribution in [0.3, 0.4) is 0 Å². The highest BCUT2D eigenvalue weighted by Gasteiger charge is 2.11. The quantitative estimate of drug-likeness (QED) is 0.722. The highest BCUT2D eigenvalue weighted by atomic mass is 16.3. The van der Waals surface area contributed by atoms with E-state index in [2.05, 4.69) is 15.3 Å². The lowest BCUT2D eigenvalue weighted by atomic mass is 10.2. The second-order valence-electron chi connectivity index (χ2n) is 4.89. The molecule has 0 aliphatic heterocycles. The normalized spacial score (nSPS) is 10.5. The molecule has 3 aromatic heterocycles. The van der Waals surface area contributed by atoms with Gasteiger partial charge in [0.25, 0.3) is 5.56 Å². The largest absolute Gasteiger partial charge is 0.472 e. The number of nitrogens with one attached hydrogen (secondary N) is 1. The molecule has 0 amide bonds. The van der Waals surface area contributed by atoms with Crippen LogP contribution in [0.1, 0.15) is 10.4 Å². The van der Waals surface area contributed by atoms with Gasteiger partial charge in [0.05, 0.1) is 24.1 Å². The van der Waals surface area contributed by atoms with Crippen LogP contribution in [0, 0.1) is 0 Å². The average Bonchev–Trinajstić information content (AvgIpc) is 3.11. The summed E-state index contributed by atoms with van der Waals surface area (Å²) in [7, 11) is 1.59. The molecule has 0 fully saturated rings. The Balaban J connectivity index is 1.86. The van der Waals surface area contributed by atoms with Gasteiger partial charge in [0.1, 0.15) is 6.26 Å². The van der Waals surface area contributed by atoms with Crippen LogP contribution in [0.5, 0.6) is 0 Å². The van der Waals surface area contributed by atoms with E-state index in [1.165, 1.54) is 23.2 Å². The van der Waals surface area contributed by atoms with Gasteiger partial charge < -0.3 is 9.73 Å². The number of anilines is 1. The van der Waals surface area contributed by atoms with Crippen molar-refractivity contribution in [2.75, 3.05) is 11.9 Å². The Bertz CT molecular complexity index is 870. The summed E-state index contributed by atoms with van der Waals surface area (Å²) in [6.45, 7) is 0.0135.